The van der Waals surface area contributed by atoms with E-state index in [1.807, 2.05) is 31.2 Å². The highest BCUT2D eigenvalue weighted by Crippen LogP contribution is 2.20. The number of hydrogen-bond donors (Lipinski definition) is 2. The van der Waals surface area contributed by atoms with E-state index in [0.717, 1.165) is 23.1 Å². The number of anilines is 3. The van der Waals surface area contributed by atoms with Crippen molar-refractivity contribution in [3.8, 4) is 6.01 Å². The molecule has 0 aliphatic carbocycles. The maximum atomic E-state index is 5.38. The van der Waals surface area contributed by atoms with Crippen molar-refractivity contribution in [3.05, 3.63) is 28.7 Å². The molecule has 0 aliphatic rings. The van der Waals surface area contributed by atoms with Crippen LogP contribution in [0.25, 0.3) is 0 Å². The lowest BCUT2D eigenvalue weighted by Crippen LogP contribution is -2.09. The van der Waals surface area contributed by atoms with Crippen LogP contribution in [0.4, 0.5) is 17.6 Å². The van der Waals surface area contributed by atoms with Gasteiger partial charge in [0, 0.05) is 16.7 Å². The maximum Gasteiger partial charge on any atom is 0.323 e. The van der Waals surface area contributed by atoms with Crippen molar-refractivity contribution < 1.29 is 4.74 Å². The molecule has 0 atom stereocenters. The van der Waals surface area contributed by atoms with E-state index in [4.69, 9.17) is 4.74 Å². The van der Waals surface area contributed by atoms with Gasteiger partial charge in [0.2, 0.25) is 11.9 Å². The van der Waals surface area contributed by atoms with E-state index >= 15 is 0 Å². The molecule has 1 aromatic carbocycles. The number of aromatic nitrogens is 3. The van der Waals surface area contributed by atoms with Gasteiger partial charge in [-0.05, 0) is 31.5 Å². The molecule has 0 fully saturated rings. The van der Waals surface area contributed by atoms with E-state index in [0.29, 0.717) is 24.5 Å². The number of nitrogens with zero attached hydrogens (tertiary/aromatic N) is 3. The summed E-state index contributed by atoms with van der Waals surface area (Å²) >= 11 is 3.43. The van der Waals surface area contributed by atoms with E-state index in [9.17, 15) is 0 Å². The summed E-state index contributed by atoms with van der Waals surface area (Å²) in [6, 6.07) is 8.09. The molecular formula is C14H18BrN5O. The first-order chi connectivity index (χ1) is 10.2. The van der Waals surface area contributed by atoms with Crippen LogP contribution in [-0.4, -0.2) is 28.1 Å². The summed E-state index contributed by atoms with van der Waals surface area (Å²) in [4.78, 5) is 12.8. The fourth-order valence-electron chi connectivity index (χ4n) is 1.62. The number of rotatable bonds is 7. The molecule has 1 heterocycles. The van der Waals surface area contributed by atoms with E-state index in [1.54, 1.807) is 0 Å². The average Bonchev–Trinajstić information content (AvgIpc) is 2.45. The van der Waals surface area contributed by atoms with Crippen molar-refractivity contribution in [2.45, 2.75) is 20.3 Å². The zero-order valence-corrected chi connectivity index (χ0v) is 13.6. The Hall–Kier alpha value is -1.89. The molecule has 0 saturated heterocycles. The highest BCUT2D eigenvalue weighted by Gasteiger charge is 2.07. The zero-order valence-electron chi connectivity index (χ0n) is 12.1. The van der Waals surface area contributed by atoms with Crippen molar-refractivity contribution in [3.63, 3.8) is 0 Å². The second-order valence-electron chi connectivity index (χ2n) is 4.26. The molecule has 0 radical (unpaired) electrons. The van der Waals surface area contributed by atoms with Gasteiger partial charge < -0.3 is 15.4 Å². The summed E-state index contributed by atoms with van der Waals surface area (Å²) < 4.78 is 6.36. The summed E-state index contributed by atoms with van der Waals surface area (Å²) in [6.45, 7) is 5.28. The molecule has 2 N–H and O–H groups in total. The second-order valence-corrected chi connectivity index (χ2v) is 5.18. The first-order valence-electron chi connectivity index (χ1n) is 6.86. The molecule has 0 amide bonds. The van der Waals surface area contributed by atoms with Crippen LogP contribution >= 0.6 is 15.9 Å². The van der Waals surface area contributed by atoms with Gasteiger partial charge in [0.15, 0.2) is 0 Å². The van der Waals surface area contributed by atoms with Gasteiger partial charge in [0.25, 0.3) is 0 Å². The van der Waals surface area contributed by atoms with Gasteiger partial charge in [0.1, 0.15) is 0 Å². The average molecular weight is 352 g/mol. The van der Waals surface area contributed by atoms with Crippen molar-refractivity contribution in [2.24, 2.45) is 0 Å². The molecule has 7 heteroatoms. The van der Waals surface area contributed by atoms with E-state index in [-0.39, 0.29) is 0 Å². The van der Waals surface area contributed by atoms with Gasteiger partial charge >= 0.3 is 6.01 Å². The third kappa shape index (κ3) is 4.86. The van der Waals surface area contributed by atoms with Crippen LogP contribution in [0.5, 0.6) is 6.01 Å². The van der Waals surface area contributed by atoms with Crippen LogP contribution in [0.2, 0.25) is 0 Å². The second kappa shape index (κ2) is 7.78. The summed E-state index contributed by atoms with van der Waals surface area (Å²) in [5, 5.41) is 6.29. The lowest BCUT2D eigenvalue weighted by atomic mass is 10.3. The lowest BCUT2D eigenvalue weighted by Gasteiger charge is -2.10. The molecule has 1 aromatic heterocycles. The Bertz CT molecular complexity index is 593. The molecule has 0 spiro atoms. The maximum absolute atomic E-state index is 5.38. The predicted molar refractivity (Wildman–Crippen MR) is 87.2 cm³/mol. The number of ether oxygens (including phenoxy) is 1. The van der Waals surface area contributed by atoms with Gasteiger partial charge in [-0.15, -0.1) is 0 Å². The first kappa shape index (κ1) is 15.5. The van der Waals surface area contributed by atoms with Crippen molar-refractivity contribution in [1.29, 1.82) is 0 Å². The predicted octanol–water partition coefficient (Wildman–Crippen LogP) is 3.60. The van der Waals surface area contributed by atoms with Crippen LogP contribution in [0.15, 0.2) is 28.7 Å². The normalized spacial score (nSPS) is 10.2. The Morgan fingerprint density at radius 3 is 2.67 bits per heavy atom. The Kier molecular flexibility index (Phi) is 5.74. The van der Waals surface area contributed by atoms with Crippen LogP contribution in [-0.2, 0) is 0 Å². The largest absolute Gasteiger partial charge is 0.464 e. The lowest BCUT2D eigenvalue weighted by molar-refractivity contribution is 0.312. The quantitative estimate of drug-likeness (QED) is 0.793. The Balaban J connectivity index is 2.22. The van der Waals surface area contributed by atoms with E-state index < -0.39 is 0 Å². The fourth-order valence-corrected chi connectivity index (χ4v) is 2.02. The standard InChI is InChI=1S/C14H18BrN5O/c1-3-8-16-12-18-13(20-14(19-12)21-4-2)17-11-7-5-6-10(15)9-11/h5-7,9H,3-4,8H2,1-2H3,(H2,16,17,18,19,20). The van der Waals surface area contributed by atoms with Gasteiger partial charge in [-0.2, -0.15) is 15.0 Å². The Morgan fingerprint density at radius 2 is 1.95 bits per heavy atom. The minimum Gasteiger partial charge on any atom is -0.464 e. The summed E-state index contributed by atoms with van der Waals surface area (Å²) in [7, 11) is 0. The van der Waals surface area contributed by atoms with Crippen LogP contribution in [0.3, 0.4) is 0 Å². The monoisotopic (exact) mass is 351 g/mol. The van der Waals surface area contributed by atoms with Crippen LogP contribution in [0, 0.1) is 0 Å². The van der Waals surface area contributed by atoms with Gasteiger partial charge in [-0.25, -0.2) is 0 Å². The smallest absolute Gasteiger partial charge is 0.323 e. The molecule has 0 bridgehead atoms. The van der Waals surface area contributed by atoms with Crippen molar-refractivity contribution >= 4 is 33.5 Å². The third-order valence-electron chi connectivity index (χ3n) is 2.50. The molecule has 2 rings (SSSR count). The molecule has 112 valence electrons. The van der Waals surface area contributed by atoms with E-state index in [2.05, 4.69) is 48.4 Å². The Morgan fingerprint density at radius 1 is 1.14 bits per heavy atom. The minimum atomic E-state index is 0.309. The number of nitrogens with one attached hydrogen (secondary N) is 2. The highest BCUT2D eigenvalue weighted by atomic mass is 79.9. The van der Waals surface area contributed by atoms with E-state index in [1.165, 1.54) is 0 Å². The molecule has 0 aliphatic heterocycles. The third-order valence-corrected chi connectivity index (χ3v) is 3.00. The summed E-state index contributed by atoms with van der Waals surface area (Å²) in [6.07, 6.45) is 0.990. The van der Waals surface area contributed by atoms with Crippen molar-refractivity contribution in [2.75, 3.05) is 23.8 Å². The number of halogens is 1. The molecule has 6 nitrogen and oxygen atoms in total. The fraction of sp³-hybridized carbons (Fsp3) is 0.357. The molecule has 0 saturated carbocycles. The van der Waals surface area contributed by atoms with Gasteiger partial charge in [-0.1, -0.05) is 28.9 Å². The zero-order chi connectivity index (χ0) is 15.1. The van der Waals surface area contributed by atoms with Gasteiger partial charge in [-0.3, -0.25) is 0 Å². The van der Waals surface area contributed by atoms with Gasteiger partial charge in [0.05, 0.1) is 6.61 Å². The van der Waals surface area contributed by atoms with Crippen LogP contribution < -0.4 is 15.4 Å². The molecule has 0 unspecified atom stereocenters. The SMILES string of the molecule is CCCNc1nc(Nc2cccc(Br)c2)nc(OCC)n1. The number of benzene rings is 1. The molecule has 2 aromatic rings. The molecule has 21 heavy (non-hydrogen) atoms. The topological polar surface area (TPSA) is 72.0 Å². The number of hydrogen-bond acceptors (Lipinski definition) is 6. The van der Waals surface area contributed by atoms with Crippen LogP contribution in [0.1, 0.15) is 20.3 Å². The summed E-state index contributed by atoms with van der Waals surface area (Å²) in [5.74, 6) is 0.956. The highest BCUT2D eigenvalue weighted by molar-refractivity contribution is 9.10. The molecular weight excluding hydrogens is 334 g/mol. The van der Waals surface area contributed by atoms with Crippen molar-refractivity contribution in [1.82, 2.24) is 15.0 Å². The Labute approximate surface area is 132 Å². The summed E-state index contributed by atoms with van der Waals surface area (Å²) in [5.41, 5.74) is 0.888. The first-order valence-corrected chi connectivity index (χ1v) is 7.66. The minimum absolute atomic E-state index is 0.309.